The highest BCUT2D eigenvalue weighted by Gasteiger charge is 2.20. The Morgan fingerprint density at radius 2 is 1.76 bits per heavy atom. The number of benzene rings is 2. The lowest BCUT2D eigenvalue weighted by Gasteiger charge is -2.07. The van der Waals surface area contributed by atoms with Crippen molar-refractivity contribution in [1.82, 2.24) is 0 Å². The Hall–Kier alpha value is -2.61. The van der Waals surface area contributed by atoms with E-state index in [1.807, 2.05) is 0 Å². The standard InChI is InChI=1S/C13H12N2O5S/c1-21(18,19)11-6-7-13(12(8-11)15(16)17)20-10-4-2-9(14)3-5-10/h2-8H,14H2,1H3. The van der Waals surface area contributed by atoms with Crippen LogP contribution in [0.15, 0.2) is 47.4 Å². The van der Waals surface area contributed by atoms with Gasteiger partial charge in [0.05, 0.1) is 9.82 Å². The van der Waals surface area contributed by atoms with E-state index in [9.17, 15) is 18.5 Å². The number of sulfone groups is 1. The summed E-state index contributed by atoms with van der Waals surface area (Å²) in [7, 11) is -3.53. The van der Waals surface area contributed by atoms with Gasteiger partial charge < -0.3 is 10.5 Å². The second-order valence-electron chi connectivity index (χ2n) is 4.33. The average molecular weight is 308 g/mol. The van der Waals surface area contributed by atoms with Crippen molar-refractivity contribution in [2.24, 2.45) is 0 Å². The number of hydrogen-bond donors (Lipinski definition) is 1. The van der Waals surface area contributed by atoms with E-state index in [0.29, 0.717) is 11.4 Å². The Morgan fingerprint density at radius 1 is 1.14 bits per heavy atom. The topological polar surface area (TPSA) is 113 Å². The molecule has 0 radical (unpaired) electrons. The first kappa shape index (κ1) is 14.8. The Labute approximate surface area is 121 Å². The molecular weight excluding hydrogens is 296 g/mol. The van der Waals surface area contributed by atoms with Crippen molar-refractivity contribution in [1.29, 1.82) is 0 Å². The quantitative estimate of drug-likeness (QED) is 0.527. The molecule has 0 amide bonds. The predicted octanol–water partition coefficient (Wildman–Crippen LogP) is 2.37. The number of rotatable bonds is 4. The lowest BCUT2D eigenvalue weighted by Crippen LogP contribution is -2.00. The largest absolute Gasteiger partial charge is 0.450 e. The average Bonchev–Trinajstić information content (AvgIpc) is 2.40. The molecule has 0 aliphatic carbocycles. The molecule has 0 aliphatic heterocycles. The summed E-state index contributed by atoms with van der Waals surface area (Å²) in [6, 6.07) is 9.78. The van der Waals surface area contributed by atoms with Crippen molar-refractivity contribution < 1.29 is 18.1 Å². The maximum Gasteiger partial charge on any atom is 0.312 e. The minimum Gasteiger partial charge on any atom is -0.450 e. The fraction of sp³-hybridized carbons (Fsp3) is 0.0769. The highest BCUT2D eigenvalue weighted by atomic mass is 32.2. The number of nitrogen functional groups attached to an aromatic ring is 1. The molecule has 21 heavy (non-hydrogen) atoms. The first-order valence-electron chi connectivity index (χ1n) is 5.79. The number of hydrogen-bond acceptors (Lipinski definition) is 6. The Balaban J connectivity index is 2.44. The summed E-state index contributed by atoms with van der Waals surface area (Å²) in [4.78, 5) is 10.2. The van der Waals surface area contributed by atoms with Crippen molar-refractivity contribution in [3.63, 3.8) is 0 Å². The van der Waals surface area contributed by atoms with Gasteiger partial charge in [0.15, 0.2) is 9.84 Å². The molecule has 2 aromatic rings. The predicted molar refractivity (Wildman–Crippen MR) is 77.1 cm³/mol. The van der Waals surface area contributed by atoms with Gasteiger partial charge >= 0.3 is 5.69 Å². The molecule has 0 fully saturated rings. The molecule has 0 atom stereocenters. The molecule has 0 unspecified atom stereocenters. The smallest absolute Gasteiger partial charge is 0.312 e. The normalized spacial score (nSPS) is 11.1. The van der Waals surface area contributed by atoms with Crippen LogP contribution in [0.25, 0.3) is 0 Å². The van der Waals surface area contributed by atoms with Crippen molar-refractivity contribution in [2.75, 3.05) is 12.0 Å². The number of nitro benzene ring substituents is 1. The van der Waals surface area contributed by atoms with Crippen LogP contribution in [0.4, 0.5) is 11.4 Å². The van der Waals surface area contributed by atoms with E-state index in [1.165, 1.54) is 12.1 Å². The number of nitrogens with two attached hydrogens (primary N) is 1. The maximum absolute atomic E-state index is 11.4. The van der Waals surface area contributed by atoms with Crippen molar-refractivity contribution in [2.45, 2.75) is 4.90 Å². The lowest BCUT2D eigenvalue weighted by atomic mass is 10.3. The maximum atomic E-state index is 11.4. The first-order chi connectivity index (χ1) is 9.77. The van der Waals surface area contributed by atoms with Gasteiger partial charge in [0.25, 0.3) is 0 Å². The van der Waals surface area contributed by atoms with Crippen LogP contribution in [0.2, 0.25) is 0 Å². The monoisotopic (exact) mass is 308 g/mol. The molecule has 8 heteroatoms. The summed E-state index contributed by atoms with van der Waals surface area (Å²) in [5, 5.41) is 11.1. The summed E-state index contributed by atoms with van der Waals surface area (Å²) in [5.74, 6) is 0.316. The van der Waals surface area contributed by atoms with Gasteiger partial charge in [-0.3, -0.25) is 10.1 Å². The zero-order chi connectivity index (χ0) is 15.6. The number of ether oxygens (including phenoxy) is 1. The highest BCUT2D eigenvalue weighted by molar-refractivity contribution is 7.90. The molecule has 2 rings (SSSR count). The van der Waals surface area contributed by atoms with Crippen LogP contribution in [-0.4, -0.2) is 19.6 Å². The van der Waals surface area contributed by atoms with Crippen LogP contribution < -0.4 is 10.5 Å². The summed E-state index contributed by atoms with van der Waals surface area (Å²) >= 11 is 0. The van der Waals surface area contributed by atoms with E-state index in [2.05, 4.69) is 0 Å². The molecule has 0 aromatic heterocycles. The Morgan fingerprint density at radius 3 is 2.29 bits per heavy atom. The van der Waals surface area contributed by atoms with Crippen LogP contribution in [0.3, 0.4) is 0 Å². The van der Waals surface area contributed by atoms with E-state index in [-0.39, 0.29) is 10.6 Å². The van der Waals surface area contributed by atoms with Gasteiger partial charge in [-0.05, 0) is 36.4 Å². The van der Waals surface area contributed by atoms with E-state index in [4.69, 9.17) is 10.5 Å². The molecule has 0 bridgehead atoms. The highest BCUT2D eigenvalue weighted by Crippen LogP contribution is 2.33. The van der Waals surface area contributed by atoms with E-state index < -0.39 is 20.4 Å². The van der Waals surface area contributed by atoms with Crippen LogP contribution in [0.5, 0.6) is 11.5 Å². The molecule has 0 spiro atoms. The van der Waals surface area contributed by atoms with Crippen LogP contribution in [0, 0.1) is 10.1 Å². The molecule has 0 heterocycles. The van der Waals surface area contributed by atoms with Crippen LogP contribution in [0.1, 0.15) is 0 Å². The molecule has 0 aliphatic rings. The zero-order valence-corrected chi connectivity index (χ0v) is 11.8. The zero-order valence-electron chi connectivity index (χ0n) is 11.0. The fourth-order valence-electron chi connectivity index (χ4n) is 1.62. The molecule has 7 nitrogen and oxygen atoms in total. The third-order valence-corrected chi connectivity index (χ3v) is 3.77. The second-order valence-corrected chi connectivity index (χ2v) is 6.35. The molecular formula is C13H12N2O5S. The van der Waals surface area contributed by atoms with Gasteiger partial charge in [-0.15, -0.1) is 0 Å². The number of anilines is 1. The first-order valence-corrected chi connectivity index (χ1v) is 7.68. The van der Waals surface area contributed by atoms with Gasteiger partial charge in [0.1, 0.15) is 5.75 Å². The SMILES string of the molecule is CS(=O)(=O)c1ccc(Oc2ccc(N)cc2)c([N+](=O)[O-])c1. The van der Waals surface area contributed by atoms with Gasteiger partial charge in [-0.1, -0.05) is 0 Å². The number of nitrogens with zero attached hydrogens (tertiary/aromatic N) is 1. The fourth-order valence-corrected chi connectivity index (χ4v) is 2.26. The van der Waals surface area contributed by atoms with Gasteiger partial charge in [-0.25, -0.2) is 8.42 Å². The van der Waals surface area contributed by atoms with Crippen molar-refractivity contribution in [3.05, 3.63) is 52.6 Å². The van der Waals surface area contributed by atoms with Gasteiger partial charge in [0, 0.05) is 18.0 Å². The Bertz CT molecular complexity index is 785. The van der Waals surface area contributed by atoms with Crippen LogP contribution >= 0.6 is 0 Å². The molecule has 2 aromatic carbocycles. The van der Waals surface area contributed by atoms with E-state index >= 15 is 0 Å². The summed E-state index contributed by atoms with van der Waals surface area (Å²) < 4.78 is 28.3. The third kappa shape index (κ3) is 3.48. The summed E-state index contributed by atoms with van der Waals surface area (Å²) in [5.41, 5.74) is 5.65. The lowest BCUT2D eigenvalue weighted by molar-refractivity contribution is -0.385. The van der Waals surface area contributed by atoms with Crippen LogP contribution in [-0.2, 0) is 9.84 Å². The van der Waals surface area contributed by atoms with E-state index in [0.717, 1.165) is 12.3 Å². The van der Waals surface area contributed by atoms with Gasteiger partial charge in [0.2, 0.25) is 5.75 Å². The van der Waals surface area contributed by atoms with E-state index in [1.54, 1.807) is 24.3 Å². The van der Waals surface area contributed by atoms with Crippen molar-refractivity contribution in [3.8, 4) is 11.5 Å². The number of nitro groups is 1. The third-order valence-electron chi connectivity index (χ3n) is 2.66. The Kier molecular flexibility index (Phi) is 3.81. The summed E-state index contributed by atoms with van der Waals surface area (Å²) in [6.07, 6.45) is 0.979. The second kappa shape index (κ2) is 5.41. The molecule has 110 valence electrons. The summed E-state index contributed by atoms with van der Waals surface area (Å²) in [6.45, 7) is 0. The minimum absolute atomic E-state index is 0.0443. The van der Waals surface area contributed by atoms with Crippen molar-refractivity contribution >= 4 is 21.2 Å². The van der Waals surface area contributed by atoms with Gasteiger partial charge in [-0.2, -0.15) is 0 Å². The minimum atomic E-state index is -3.53. The molecule has 0 saturated carbocycles. The molecule has 0 saturated heterocycles. The molecule has 2 N–H and O–H groups in total.